The molecule has 0 aliphatic heterocycles. The third-order valence-corrected chi connectivity index (χ3v) is 22.7. The van der Waals surface area contributed by atoms with Gasteiger partial charge in [-0.1, -0.05) is 78.0 Å². The molecule has 6 aliphatic rings. The van der Waals surface area contributed by atoms with Crippen molar-refractivity contribution in [1.29, 1.82) is 0 Å². The molecule has 6 heterocycles. The van der Waals surface area contributed by atoms with Crippen molar-refractivity contribution in [3.05, 3.63) is 230 Å². The first-order valence-corrected chi connectivity index (χ1v) is 37.4. The van der Waals surface area contributed by atoms with E-state index < -0.39 is 0 Å². The maximum absolute atomic E-state index is 13.5. The molecule has 0 saturated heterocycles. The Hall–Kier alpha value is -9.60. The Kier molecular flexibility index (Phi) is 23.2. The van der Waals surface area contributed by atoms with Gasteiger partial charge in [-0.05, 0) is 216 Å². The summed E-state index contributed by atoms with van der Waals surface area (Å²) in [6.45, 7) is 6.60. The van der Waals surface area contributed by atoms with Crippen molar-refractivity contribution in [2.75, 3.05) is 19.8 Å². The Morgan fingerprint density at radius 1 is 0.480 bits per heavy atom. The number of nitrogens with one attached hydrogen (secondary N) is 3. The number of aromatic nitrogens is 6. The molecular weight excluding hydrogens is 1330 g/mol. The quantitative estimate of drug-likeness (QED) is 0.0818. The molecule has 12 atom stereocenters. The summed E-state index contributed by atoms with van der Waals surface area (Å²) in [4.78, 5) is 61.5. The zero-order valence-electron chi connectivity index (χ0n) is 57.3. The molecule has 3 aromatic carbocycles. The van der Waals surface area contributed by atoms with Gasteiger partial charge in [-0.3, -0.25) is 15.0 Å². The third-order valence-electron chi connectivity index (χ3n) is 20.9. The third kappa shape index (κ3) is 17.5. The van der Waals surface area contributed by atoms with Gasteiger partial charge < -0.3 is 34.7 Å². The van der Waals surface area contributed by atoms with Gasteiger partial charge in [0, 0.05) is 92.9 Å². The summed E-state index contributed by atoms with van der Waals surface area (Å²) >= 11 is 3.46. The number of halogens is 3. The van der Waals surface area contributed by atoms with E-state index in [1.807, 2.05) is 98.7 Å². The number of ether oxygens (including phenoxy) is 3. The minimum Gasteiger partial charge on any atom is -0.450 e. The van der Waals surface area contributed by atoms with E-state index in [4.69, 9.17) is 23.7 Å². The predicted molar refractivity (Wildman–Crippen MR) is 390 cm³/mol. The smallest absolute Gasteiger partial charge is 0.407 e. The lowest BCUT2D eigenvalue weighted by Crippen LogP contribution is -2.44. The number of fused-ring (bicyclic) bond motifs is 6. The molecule has 0 bridgehead atoms. The van der Waals surface area contributed by atoms with Crippen LogP contribution in [-0.4, -0.2) is 86.3 Å². The van der Waals surface area contributed by atoms with E-state index in [9.17, 15) is 27.6 Å². The maximum Gasteiger partial charge on any atom is 0.407 e. The van der Waals surface area contributed by atoms with Crippen LogP contribution in [0, 0.1) is 53.0 Å². The van der Waals surface area contributed by atoms with Crippen LogP contribution in [0.1, 0.15) is 146 Å². The van der Waals surface area contributed by atoms with E-state index in [2.05, 4.69) is 71.4 Å². The Morgan fingerprint density at radius 3 is 1.37 bits per heavy atom. The molecule has 9 aromatic rings. The van der Waals surface area contributed by atoms with Gasteiger partial charge in [-0.15, -0.1) is 22.7 Å². The predicted octanol–water partition coefficient (Wildman–Crippen LogP) is 18.2. The van der Waals surface area contributed by atoms with Crippen LogP contribution >= 0.6 is 22.7 Å². The molecule has 102 heavy (non-hydrogen) atoms. The highest BCUT2D eigenvalue weighted by Gasteiger charge is 2.44. The summed E-state index contributed by atoms with van der Waals surface area (Å²) in [6, 6.07) is 31.9. The molecule has 3 N–H and O–H groups in total. The van der Waals surface area contributed by atoms with Crippen LogP contribution in [0.2, 0.25) is 0 Å². The molecule has 15 rings (SSSR count). The van der Waals surface area contributed by atoms with Crippen LogP contribution in [0.3, 0.4) is 0 Å². The molecule has 6 aliphatic carbocycles. The highest BCUT2D eigenvalue weighted by Crippen LogP contribution is 2.51. The Labute approximate surface area is 600 Å². The lowest BCUT2D eigenvalue weighted by atomic mass is 9.64. The highest BCUT2D eigenvalue weighted by molar-refractivity contribution is 7.10. The number of allylic oxidation sites excluding steroid dienone is 3. The number of rotatable bonds is 15. The zero-order chi connectivity index (χ0) is 70.5. The number of carbonyl (C=O) groups excluding carboxylic acids is 3. The van der Waals surface area contributed by atoms with Crippen molar-refractivity contribution in [3.63, 3.8) is 0 Å². The standard InChI is InChI=1S/C27H28FN3O3.2C27H28FN3O2S/c1-2-33-27(32)31-22-9-10-23-19(13-22)14-26-25(16-30-34-26)24(23)11-8-21-7-6-18(15-29-21)17-4-3-5-20(28)12-17;1-2-33-27(32)31-22-9-10-23-19(13-22)14-25-26(30-16-34-25)24(23)11-8-21-7-6-18(15-29-21)17-4-3-5-20(28)12-17;1-2-33-27(32)31-22-9-10-23-19(13-22)14-25-26(34-16-30-25)24(23)11-8-21-7-6-18(15-29-21)17-4-3-5-20(28)12-17/h3*3-8,11-12,15-16,19,22-24H,2,9-10,13-14H2,1H3,(H,31,32)/b3*11-8+/t3*19-,22+,23+,24-/m000/s1. The lowest BCUT2D eigenvalue weighted by Gasteiger charge is -2.42. The van der Waals surface area contributed by atoms with Crippen LogP contribution < -0.4 is 16.0 Å². The monoisotopic (exact) mass is 1420 g/mol. The second-order valence-corrected chi connectivity index (χ2v) is 29.0. The topological polar surface area (TPSA) is 205 Å². The van der Waals surface area contributed by atoms with Gasteiger partial charge >= 0.3 is 18.3 Å². The summed E-state index contributed by atoms with van der Waals surface area (Å²) in [5.41, 5.74) is 15.1. The van der Waals surface area contributed by atoms with E-state index in [-0.39, 0.29) is 65.7 Å². The SMILES string of the molecule is CCOC(=O)N[C@@H]1CC[C@@H]2[C@H](Cc3ncsc3[C@H]2/C=C/c2ccc(-c3cccc(F)c3)cn2)C1.CCOC(=O)N[C@@H]1CC[C@@H]2[C@H](Cc3oncc3[C@H]2/C=C/c2ccc(-c3cccc(F)c3)cn2)C1.CCOC(=O)N[C@@H]1CC[C@@H]2[C@H](Cc3scnc3[C@H]2/C=C/c2ccc(-c3cccc(F)c3)cn2)C1. The summed E-state index contributed by atoms with van der Waals surface area (Å²) in [5, 5.41) is 13.1. The maximum atomic E-state index is 13.5. The fraction of sp³-hybridized carbons (Fsp3) is 0.370. The van der Waals surface area contributed by atoms with Crippen molar-refractivity contribution in [2.24, 2.45) is 35.5 Å². The Balaban J connectivity index is 0.000000137. The van der Waals surface area contributed by atoms with Gasteiger partial charge in [0.25, 0.3) is 0 Å². The van der Waals surface area contributed by atoms with Crippen molar-refractivity contribution in [3.8, 4) is 33.4 Å². The number of benzene rings is 3. The van der Waals surface area contributed by atoms with E-state index in [1.165, 1.54) is 57.5 Å². The van der Waals surface area contributed by atoms with Crippen molar-refractivity contribution in [2.45, 2.75) is 134 Å². The van der Waals surface area contributed by atoms with E-state index in [0.29, 0.717) is 61.2 Å². The average molecular weight is 1420 g/mol. The van der Waals surface area contributed by atoms with Crippen LogP contribution in [0.4, 0.5) is 27.6 Å². The number of thiazole rings is 2. The zero-order valence-corrected chi connectivity index (χ0v) is 59.0. The molecule has 3 fully saturated rings. The van der Waals surface area contributed by atoms with E-state index >= 15 is 0 Å². The van der Waals surface area contributed by atoms with Crippen LogP contribution in [0.5, 0.6) is 0 Å². The minimum atomic E-state index is -0.341. The molecule has 0 spiro atoms. The van der Waals surface area contributed by atoms with Gasteiger partial charge in [-0.2, -0.15) is 0 Å². The number of carbonyl (C=O) groups is 3. The minimum absolute atomic E-state index is 0.117. The summed E-state index contributed by atoms with van der Waals surface area (Å²) in [6.07, 6.45) is 30.7. The van der Waals surface area contributed by atoms with Crippen LogP contribution in [0.15, 0.2) is 168 Å². The van der Waals surface area contributed by atoms with Gasteiger partial charge in [0.15, 0.2) is 0 Å². The molecular formula is C81H84F3N9O7S2. The summed E-state index contributed by atoms with van der Waals surface area (Å²) < 4.78 is 61.4. The second kappa shape index (κ2) is 33.5. The van der Waals surface area contributed by atoms with Crippen molar-refractivity contribution < 1.29 is 46.3 Å². The van der Waals surface area contributed by atoms with Crippen LogP contribution in [-0.2, 0) is 33.5 Å². The fourth-order valence-corrected chi connectivity index (χ4v) is 18.1. The normalized spacial score (nSPS) is 23.8. The van der Waals surface area contributed by atoms with Gasteiger partial charge in [0.05, 0.1) is 65.5 Å². The molecule has 0 unspecified atom stereocenters. The molecule has 0 radical (unpaired) electrons. The first-order valence-electron chi connectivity index (χ1n) is 35.6. The number of nitrogens with zero attached hydrogens (tertiary/aromatic N) is 6. The van der Waals surface area contributed by atoms with E-state index in [0.717, 1.165) is 139 Å². The molecule has 21 heteroatoms. The van der Waals surface area contributed by atoms with Crippen molar-refractivity contribution in [1.82, 2.24) is 46.0 Å². The van der Waals surface area contributed by atoms with Gasteiger partial charge in [0.1, 0.15) is 23.2 Å². The molecule has 3 amide bonds. The van der Waals surface area contributed by atoms with Crippen LogP contribution in [0.25, 0.3) is 51.6 Å². The largest absolute Gasteiger partial charge is 0.450 e. The van der Waals surface area contributed by atoms with Crippen molar-refractivity contribution >= 4 is 59.2 Å². The molecule has 528 valence electrons. The van der Waals surface area contributed by atoms with Gasteiger partial charge in [0.2, 0.25) is 0 Å². The number of pyridine rings is 3. The number of hydrogen-bond acceptors (Lipinski definition) is 15. The summed E-state index contributed by atoms with van der Waals surface area (Å²) in [7, 11) is 0. The number of amides is 3. The second-order valence-electron chi connectivity index (χ2n) is 27.1. The lowest BCUT2D eigenvalue weighted by molar-refractivity contribution is 0.125. The Bertz CT molecular complexity index is 3970. The Morgan fingerprint density at radius 2 is 0.912 bits per heavy atom. The molecule has 6 aromatic heterocycles. The molecule has 3 saturated carbocycles. The first kappa shape index (κ1) is 70.8. The fourth-order valence-electron chi connectivity index (χ4n) is 16.2. The summed E-state index contributed by atoms with van der Waals surface area (Å²) in [5.74, 6) is 3.77. The van der Waals surface area contributed by atoms with E-state index in [1.54, 1.807) is 59.5 Å². The molecule has 16 nitrogen and oxygen atoms in total. The number of hydrogen-bond donors (Lipinski definition) is 3. The number of alkyl carbamates (subject to hydrolysis) is 3. The highest BCUT2D eigenvalue weighted by atomic mass is 32.1. The van der Waals surface area contributed by atoms with Gasteiger partial charge in [-0.25, -0.2) is 37.5 Å². The average Bonchev–Trinajstić information content (AvgIpc) is 1.29. The first-order chi connectivity index (χ1) is 49.8.